The Kier molecular flexibility index (Phi) is 11.0. The van der Waals surface area contributed by atoms with E-state index in [1.54, 1.807) is 6.07 Å². The van der Waals surface area contributed by atoms with Crippen LogP contribution in [0.4, 0.5) is 4.39 Å². The molecule has 2 aliphatic carbocycles. The molecule has 0 atom stereocenters. The topological polar surface area (TPSA) is 29.1 Å². The summed E-state index contributed by atoms with van der Waals surface area (Å²) in [4.78, 5) is 11.2. The van der Waals surface area contributed by atoms with Gasteiger partial charge in [-0.3, -0.25) is 4.79 Å². The zero-order valence-corrected chi connectivity index (χ0v) is 23.5. The van der Waals surface area contributed by atoms with Gasteiger partial charge in [0.1, 0.15) is 5.82 Å². The molecule has 2 aliphatic rings. The van der Waals surface area contributed by atoms with Crippen LogP contribution in [0.15, 0.2) is 55.1 Å². The fourth-order valence-corrected chi connectivity index (χ4v) is 7.00. The number of carbonyl (C=O) groups is 1. The molecule has 1 amide bonds. The molecular formula is C35H48FNO. The van der Waals surface area contributed by atoms with Gasteiger partial charge in [-0.15, -0.1) is 0 Å². The molecule has 206 valence electrons. The number of unbranched alkanes of at least 4 members (excludes halogenated alkanes) is 2. The first-order chi connectivity index (χ1) is 18.6. The van der Waals surface area contributed by atoms with Crippen LogP contribution >= 0.6 is 0 Å². The fraction of sp³-hybridized carbons (Fsp3) is 0.571. The SMILES string of the molecule is C=CC(=O)NCCCc1ccc(-c2ccc(C3CCC(C4CCC(CCCCC)CC4)CC3)cc2F)cc1. The van der Waals surface area contributed by atoms with Crippen molar-refractivity contribution in [3.63, 3.8) is 0 Å². The summed E-state index contributed by atoms with van der Waals surface area (Å²) in [6.07, 6.45) is 19.5. The van der Waals surface area contributed by atoms with Crippen molar-refractivity contribution in [2.24, 2.45) is 17.8 Å². The molecule has 2 aromatic carbocycles. The Morgan fingerprint density at radius 2 is 1.61 bits per heavy atom. The molecule has 2 saturated carbocycles. The minimum absolute atomic E-state index is 0.106. The van der Waals surface area contributed by atoms with Crippen LogP contribution in [0.1, 0.15) is 107 Å². The second-order valence-electron chi connectivity index (χ2n) is 11.9. The van der Waals surface area contributed by atoms with Crippen molar-refractivity contribution >= 4 is 5.91 Å². The number of nitrogens with one attached hydrogen (secondary N) is 1. The van der Waals surface area contributed by atoms with Crippen LogP contribution in [-0.4, -0.2) is 12.5 Å². The van der Waals surface area contributed by atoms with Crippen molar-refractivity contribution in [3.05, 3.63) is 72.1 Å². The van der Waals surface area contributed by atoms with Gasteiger partial charge in [0.25, 0.3) is 0 Å². The molecule has 0 aromatic heterocycles. The van der Waals surface area contributed by atoms with Gasteiger partial charge in [-0.25, -0.2) is 4.39 Å². The van der Waals surface area contributed by atoms with Crippen LogP contribution in [0.25, 0.3) is 11.1 Å². The Balaban J connectivity index is 1.24. The molecule has 0 spiro atoms. The van der Waals surface area contributed by atoms with Crippen LogP contribution in [-0.2, 0) is 11.2 Å². The predicted molar refractivity (Wildman–Crippen MR) is 158 cm³/mol. The van der Waals surface area contributed by atoms with Gasteiger partial charge in [0.05, 0.1) is 0 Å². The molecule has 1 N–H and O–H groups in total. The van der Waals surface area contributed by atoms with E-state index >= 15 is 4.39 Å². The first kappa shape index (κ1) is 28.6. The largest absolute Gasteiger partial charge is 0.353 e. The summed E-state index contributed by atoms with van der Waals surface area (Å²) in [6, 6.07) is 14.1. The molecule has 0 bridgehead atoms. The third kappa shape index (κ3) is 8.04. The Bertz CT molecular complexity index is 1010. The lowest BCUT2D eigenvalue weighted by molar-refractivity contribution is -0.116. The Labute approximate surface area is 230 Å². The van der Waals surface area contributed by atoms with Crippen LogP contribution in [0.3, 0.4) is 0 Å². The van der Waals surface area contributed by atoms with Crippen LogP contribution in [0, 0.1) is 23.6 Å². The van der Waals surface area contributed by atoms with E-state index < -0.39 is 0 Å². The molecule has 3 heteroatoms. The number of aryl methyl sites for hydroxylation is 1. The van der Waals surface area contributed by atoms with Gasteiger partial charge in [-0.1, -0.05) is 88.4 Å². The van der Waals surface area contributed by atoms with E-state index in [1.165, 1.54) is 94.3 Å². The van der Waals surface area contributed by atoms with Crippen LogP contribution < -0.4 is 5.32 Å². The molecule has 0 unspecified atom stereocenters. The molecule has 2 aromatic rings. The third-order valence-corrected chi connectivity index (χ3v) is 9.40. The number of hydrogen-bond donors (Lipinski definition) is 1. The summed E-state index contributed by atoms with van der Waals surface area (Å²) in [5, 5.41) is 2.80. The summed E-state index contributed by atoms with van der Waals surface area (Å²) in [5.74, 6) is 3.08. The first-order valence-electron chi connectivity index (χ1n) is 15.4. The van der Waals surface area contributed by atoms with Crippen molar-refractivity contribution in [2.75, 3.05) is 6.54 Å². The summed E-state index contributed by atoms with van der Waals surface area (Å²) < 4.78 is 15.2. The van der Waals surface area contributed by atoms with Gasteiger partial charge in [-0.05, 0) is 104 Å². The van der Waals surface area contributed by atoms with E-state index in [4.69, 9.17) is 0 Å². The number of benzene rings is 2. The lowest BCUT2D eigenvalue weighted by atomic mass is 9.68. The van der Waals surface area contributed by atoms with E-state index in [0.717, 1.165) is 36.2 Å². The van der Waals surface area contributed by atoms with E-state index in [9.17, 15) is 4.79 Å². The number of carbonyl (C=O) groups excluding carboxylic acids is 1. The maximum atomic E-state index is 15.2. The highest BCUT2D eigenvalue weighted by Crippen LogP contribution is 2.45. The second kappa shape index (κ2) is 14.7. The smallest absolute Gasteiger partial charge is 0.243 e. The molecule has 0 aliphatic heterocycles. The lowest BCUT2D eigenvalue weighted by Crippen LogP contribution is -2.25. The Morgan fingerprint density at radius 3 is 2.24 bits per heavy atom. The van der Waals surface area contributed by atoms with Gasteiger partial charge in [0.15, 0.2) is 0 Å². The highest BCUT2D eigenvalue weighted by molar-refractivity contribution is 5.86. The minimum Gasteiger partial charge on any atom is -0.353 e. The molecule has 38 heavy (non-hydrogen) atoms. The zero-order valence-electron chi connectivity index (χ0n) is 23.5. The molecule has 2 nitrogen and oxygen atoms in total. The summed E-state index contributed by atoms with van der Waals surface area (Å²) in [5.41, 5.74) is 3.98. The monoisotopic (exact) mass is 517 g/mol. The normalized spacial score (nSPS) is 23.6. The summed E-state index contributed by atoms with van der Waals surface area (Å²) >= 11 is 0. The van der Waals surface area contributed by atoms with Crippen molar-refractivity contribution in [2.45, 2.75) is 103 Å². The molecule has 4 rings (SSSR count). The van der Waals surface area contributed by atoms with E-state index in [-0.39, 0.29) is 11.7 Å². The van der Waals surface area contributed by atoms with Crippen molar-refractivity contribution < 1.29 is 9.18 Å². The maximum Gasteiger partial charge on any atom is 0.243 e. The first-order valence-corrected chi connectivity index (χ1v) is 15.4. The van der Waals surface area contributed by atoms with Gasteiger partial charge in [-0.2, -0.15) is 0 Å². The average Bonchev–Trinajstić information content (AvgIpc) is 2.96. The van der Waals surface area contributed by atoms with Gasteiger partial charge in [0.2, 0.25) is 5.91 Å². The second-order valence-corrected chi connectivity index (χ2v) is 11.9. The van der Waals surface area contributed by atoms with E-state index in [1.807, 2.05) is 18.2 Å². The average molecular weight is 518 g/mol. The van der Waals surface area contributed by atoms with Crippen molar-refractivity contribution in [3.8, 4) is 11.1 Å². The number of hydrogen-bond acceptors (Lipinski definition) is 1. The zero-order chi connectivity index (χ0) is 26.7. The Morgan fingerprint density at radius 1 is 0.921 bits per heavy atom. The standard InChI is InChI=1S/C35H48FNO/c1-3-5-6-8-26-10-14-28(15-11-26)29-18-20-30(21-19-29)32-22-23-33(34(36)25-32)31-16-12-27(13-17-31)9-7-24-37-35(38)4-2/h4,12-13,16-17,22-23,25-26,28-30H,2-3,5-11,14-15,18-21,24H2,1H3,(H,37,38). The predicted octanol–water partition coefficient (Wildman–Crippen LogP) is 9.39. The fourth-order valence-electron chi connectivity index (χ4n) is 7.00. The van der Waals surface area contributed by atoms with Crippen LogP contribution in [0.5, 0.6) is 0 Å². The maximum absolute atomic E-state index is 15.2. The quantitative estimate of drug-likeness (QED) is 0.220. The molecule has 2 fully saturated rings. The van der Waals surface area contributed by atoms with E-state index in [2.05, 4.69) is 37.0 Å². The molecule has 0 radical (unpaired) electrons. The molecule has 0 heterocycles. The van der Waals surface area contributed by atoms with E-state index in [0.29, 0.717) is 18.0 Å². The van der Waals surface area contributed by atoms with Gasteiger partial charge < -0.3 is 5.32 Å². The third-order valence-electron chi connectivity index (χ3n) is 9.40. The van der Waals surface area contributed by atoms with Crippen molar-refractivity contribution in [1.29, 1.82) is 0 Å². The number of halogens is 1. The minimum atomic E-state index is -0.136. The Hall–Kier alpha value is -2.42. The van der Waals surface area contributed by atoms with Gasteiger partial charge >= 0.3 is 0 Å². The lowest BCUT2D eigenvalue weighted by Gasteiger charge is -2.38. The molecular weight excluding hydrogens is 469 g/mol. The summed E-state index contributed by atoms with van der Waals surface area (Å²) in [7, 11) is 0. The summed E-state index contributed by atoms with van der Waals surface area (Å²) in [6.45, 7) is 6.39. The van der Waals surface area contributed by atoms with Crippen LogP contribution in [0.2, 0.25) is 0 Å². The molecule has 0 saturated heterocycles. The highest BCUT2D eigenvalue weighted by atomic mass is 19.1. The highest BCUT2D eigenvalue weighted by Gasteiger charge is 2.31. The van der Waals surface area contributed by atoms with Crippen molar-refractivity contribution in [1.82, 2.24) is 5.32 Å². The number of rotatable bonds is 12. The van der Waals surface area contributed by atoms with Gasteiger partial charge in [0, 0.05) is 12.1 Å². The number of amides is 1.